The quantitative estimate of drug-likeness (QED) is 0.665. The Hall–Kier alpha value is -0.550. The van der Waals surface area contributed by atoms with E-state index in [0.29, 0.717) is 6.61 Å². The standard InChI is InChI=1S/C16H16Br2ClNO/c1-3-21-11-5-6-12(15(18)9-11)16(20-2)13-8-10(19)4-7-14(13)17/h4-9,16,20H,3H2,1-2H3. The summed E-state index contributed by atoms with van der Waals surface area (Å²) in [6.45, 7) is 2.63. The second kappa shape index (κ2) is 7.63. The molecular formula is C16H16Br2ClNO. The predicted molar refractivity (Wildman–Crippen MR) is 95.4 cm³/mol. The summed E-state index contributed by atoms with van der Waals surface area (Å²) in [5.41, 5.74) is 2.22. The summed E-state index contributed by atoms with van der Waals surface area (Å²) >= 11 is 13.4. The maximum atomic E-state index is 6.13. The van der Waals surface area contributed by atoms with Gasteiger partial charge in [0, 0.05) is 14.0 Å². The first-order valence-corrected chi connectivity index (χ1v) is 8.57. The average Bonchev–Trinajstić information content (AvgIpc) is 2.46. The van der Waals surface area contributed by atoms with Gasteiger partial charge < -0.3 is 10.1 Å². The van der Waals surface area contributed by atoms with Crippen LogP contribution in [0.15, 0.2) is 45.3 Å². The molecule has 0 fully saturated rings. The van der Waals surface area contributed by atoms with Crippen LogP contribution in [0.5, 0.6) is 5.75 Å². The van der Waals surface area contributed by atoms with Gasteiger partial charge in [0.2, 0.25) is 0 Å². The van der Waals surface area contributed by atoms with E-state index < -0.39 is 0 Å². The molecule has 0 bridgehead atoms. The van der Waals surface area contributed by atoms with E-state index in [4.69, 9.17) is 16.3 Å². The lowest BCUT2D eigenvalue weighted by atomic mass is 9.99. The largest absolute Gasteiger partial charge is 0.494 e. The van der Waals surface area contributed by atoms with Crippen molar-refractivity contribution in [3.63, 3.8) is 0 Å². The zero-order valence-corrected chi connectivity index (χ0v) is 15.7. The van der Waals surface area contributed by atoms with Gasteiger partial charge >= 0.3 is 0 Å². The van der Waals surface area contributed by atoms with Crippen molar-refractivity contribution in [3.05, 3.63) is 61.5 Å². The molecule has 0 aliphatic heterocycles. The predicted octanol–water partition coefficient (Wildman–Crippen LogP) is 5.57. The van der Waals surface area contributed by atoms with E-state index in [1.807, 2.05) is 44.3 Å². The maximum Gasteiger partial charge on any atom is 0.120 e. The zero-order valence-electron chi connectivity index (χ0n) is 11.8. The SMILES string of the molecule is CCOc1ccc(C(NC)c2cc(Cl)ccc2Br)c(Br)c1. The molecule has 2 rings (SSSR count). The third kappa shape index (κ3) is 4.01. The van der Waals surface area contributed by atoms with E-state index in [1.165, 1.54) is 0 Å². The Morgan fingerprint density at radius 1 is 1.10 bits per heavy atom. The van der Waals surface area contributed by atoms with Gasteiger partial charge in [-0.1, -0.05) is 49.5 Å². The molecule has 112 valence electrons. The number of hydrogen-bond donors (Lipinski definition) is 1. The second-order valence-corrected chi connectivity index (χ2v) is 6.65. The van der Waals surface area contributed by atoms with Crippen LogP contribution in [0.4, 0.5) is 0 Å². The molecule has 1 unspecified atom stereocenters. The lowest BCUT2D eigenvalue weighted by molar-refractivity contribution is 0.340. The van der Waals surface area contributed by atoms with Crippen LogP contribution in [-0.4, -0.2) is 13.7 Å². The normalized spacial score (nSPS) is 12.2. The highest BCUT2D eigenvalue weighted by atomic mass is 79.9. The lowest BCUT2D eigenvalue weighted by Gasteiger charge is -2.21. The number of nitrogens with one attached hydrogen (secondary N) is 1. The molecule has 5 heteroatoms. The van der Waals surface area contributed by atoms with E-state index in [2.05, 4.69) is 43.2 Å². The molecule has 0 saturated heterocycles. The van der Waals surface area contributed by atoms with Gasteiger partial charge in [0.05, 0.1) is 12.6 Å². The van der Waals surface area contributed by atoms with Crippen LogP contribution in [0.3, 0.4) is 0 Å². The molecule has 2 aromatic rings. The molecule has 2 nitrogen and oxygen atoms in total. The number of benzene rings is 2. The van der Waals surface area contributed by atoms with Gasteiger partial charge in [0.1, 0.15) is 5.75 Å². The van der Waals surface area contributed by atoms with Crippen LogP contribution < -0.4 is 10.1 Å². The molecule has 0 aliphatic carbocycles. The van der Waals surface area contributed by atoms with Crippen molar-refractivity contribution in [1.29, 1.82) is 0 Å². The Labute approximate surface area is 147 Å². The fourth-order valence-electron chi connectivity index (χ4n) is 2.21. The highest BCUT2D eigenvalue weighted by Gasteiger charge is 2.18. The Kier molecular flexibility index (Phi) is 6.11. The second-order valence-electron chi connectivity index (χ2n) is 4.50. The van der Waals surface area contributed by atoms with Crippen molar-refractivity contribution in [2.45, 2.75) is 13.0 Å². The molecular weight excluding hydrogens is 417 g/mol. The lowest BCUT2D eigenvalue weighted by Crippen LogP contribution is -2.18. The summed E-state index contributed by atoms with van der Waals surface area (Å²) in [6, 6.07) is 11.9. The fourth-order valence-corrected chi connectivity index (χ4v) is 3.46. The number of ether oxygens (including phenoxy) is 1. The van der Waals surface area contributed by atoms with Gasteiger partial charge in [-0.25, -0.2) is 0 Å². The Morgan fingerprint density at radius 2 is 1.86 bits per heavy atom. The van der Waals surface area contributed by atoms with Crippen LogP contribution in [-0.2, 0) is 0 Å². The van der Waals surface area contributed by atoms with E-state index in [0.717, 1.165) is 30.8 Å². The summed E-state index contributed by atoms with van der Waals surface area (Å²) in [4.78, 5) is 0. The molecule has 0 saturated carbocycles. The Balaban J connectivity index is 2.44. The number of hydrogen-bond acceptors (Lipinski definition) is 2. The van der Waals surface area contributed by atoms with Crippen molar-refractivity contribution < 1.29 is 4.74 Å². The van der Waals surface area contributed by atoms with Crippen LogP contribution in [0.25, 0.3) is 0 Å². The molecule has 21 heavy (non-hydrogen) atoms. The topological polar surface area (TPSA) is 21.3 Å². The van der Waals surface area contributed by atoms with Gasteiger partial charge in [0.25, 0.3) is 0 Å². The first kappa shape index (κ1) is 16.8. The zero-order chi connectivity index (χ0) is 15.4. The minimum atomic E-state index is 0.0307. The van der Waals surface area contributed by atoms with E-state index in [-0.39, 0.29) is 6.04 Å². The van der Waals surface area contributed by atoms with Crippen molar-refractivity contribution >= 4 is 43.5 Å². The fraction of sp³-hybridized carbons (Fsp3) is 0.250. The maximum absolute atomic E-state index is 6.13. The first-order chi connectivity index (χ1) is 10.1. The van der Waals surface area contributed by atoms with Gasteiger partial charge in [-0.05, 0) is 55.4 Å². The minimum absolute atomic E-state index is 0.0307. The molecule has 0 spiro atoms. The summed E-state index contributed by atoms with van der Waals surface area (Å²) in [5, 5.41) is 4.05. The molecule has 0 amide bonds. The van der Waals surface area contributed by atoms with E-state index >= 15 is 0 Å². The van der Waals surface area contributed by atoms with Crippen molar-refractivity contribution in [2.75, 3.05) is 13.7 Å². The van der Waals surface area contributed by atoms with Gasteiger partial charge in [-0.15, -0.1) is 0 Å². The molecule has 2 aromatic carbocycles. The monoisotopic (exact) mass is 431 g/mol. The van der Waals surface area contributed by atoms with E-state index in [1.54, 1.807) is 0 Å². The van der Waals surface area contributed by atoms with Crippen LogP contribution >= 0.6 is 43.5 Å². The Morgan fingerprint density at radius 3 is 2.48 bits per heavy atom. The summed E-state index contributed by atoms with van der Waals surface area (Å²) in [6.07, 6.45) is 0. The number of rotatable bonds is 5. The average molecular weight is 434 g/mol. The third-order valence-corrected chi connectivity index (χ3v) is 4.80. The highest BCUT2D eigenvalue weighted by Crippen LogP contribution is 2.35. The first-order valence-electron chi connectivity index (χ1n) is 6.61. The van der Waals surface area contributed by atoms with E-state index in [9.17, 15) is 0 Å². The van der Waals surface area contributed by atoms with Crippen molar-refractivity contribution in [3.8, 4) is 5.75 Å². The molecule has 0 aromatic heterocycles. The molecule has 1 N–H and O–H groups in total. The summed E-state index contributed by atoms with van der Waals surface area (Å²) in [7, 11) is 1.93. The molecule has 0 radical (unpaired) electrons. The third-order valence-electron chi connectivity index (χ3n) is 3.15. The van der Waals surface area contributed by atoms with Gasteiger partial charge in [0.15, 0.2) is 0 Å². The minimum Gasteiger partial charge on any atom is -0.494 e. The molecule has 0 aliphatic rings. The van der Waals surface area contributed by atoms with Crippen LogP contribution in [0.1, 0.15) is 24.1 Å². The Bertz CT molecular complexity index is 634. The van der Waals surface area contributed by atoms with Crippen LogP contribution in [0, 0.1) is 0 Å². The summed E-state index contributed by atoms with van der Waals surface area (Å²) in [5.74, 6) is 0.855. The molecule has 1 atom stereocenters. The smallest absolute Gasteiger partial charge is 0.120 e. The summed E-state index contributed by atoms with van der Waals surface area (Å²) < 4.78 is 7.54. The van der Waals surface area contributed by atoms with Crippen molar-refractivity contribution in [2.24, 2.45) is 0 Å². The van der Waals surface area contributed by atoms with Gasteiger partial charge in [-0.2, -0.15) is 0 Å². The number of halogens is 3. The molecule has 0 heterocycles. The van der Waals surface area contributed by atoms with Crippen molar-refractivity contribution in [1.82, 2.24) is 5.32 Å². The van der Waals surface area contributed by atoms with Crippen LogP contribution in [0.2, 0.25) is 5.02 Å². The highest BCUT2D eigenvalue weighted by molar-refractivity contribution is 9.10. The van der Waals surface area contributed by atoms with Gasteiger partial charge in [-0.3, -0.25) is 0 Å².